The summed E-state index contributed by atoms with van der Waals surface area (Å²) >= 11 is 5.54. The van der Waals surface area contributed by atoms with Gasteiger partial charge in [-0.15, -0.1) is 0 Å². The predicted octanol–water partition coefficient (Wildman–Crippen LogP) is 3.78. The molecule has 2 rings (SSSR count). The first-order valence-electron chi connectivity index (χ1n) is 5.50. The Morgan fingerprint density at radius 3 is 2.50 bits per heavy atom. The van der Waals surface area contributed by atoms with Crippen molar-refractivity contribution in [3.63, 3.8) is 0 Å². The fraction of sp³-hybridized carbons (Fsp3) is 0.167. The molecule has 20 heavy (non-hydrogen) atoms. The fourth-order valence-electron chi connectivity index (χ4n) is 1.62. The number of hydrogen-bond donors (Lipinski definition) is 2. The number of alkyl halides is 3. The van der Waals surface area contributed by atoms with Crippen molar-refractivity contribution in [1.82, 2.24) is 9.97 Å². The number of hydrogen-bond acceptors (Lipinski definition) is 4. The summed E-state index contributed by atoms with van der Waals surface area (Å²) in [6.45, 7) is 1.70. The second-order valence-electron chi connectivity index (χ2n) is 4.07. The first kappa shape index (κ1) is 14.4. The third-order valence-electron chi connectivity index (χ3n) is 2.42. The third-order valence-corrected chi connectivity index (χ3v) is 2.75. The molecule has 0 aliphatic carbocycles. The molecule has 8 heteroatoms. The van der Waals surface area contributed by atoms with Gasteiger partial charge in [-0.25, -0.2) is 4.98 Å². The maximum atomic E-state index is 12.7. The smallest absolute Gasteiger partial charge is 0.368 e. The number of benzene rings is 1. The van der Waals surface area contributed by atoms with Crippen LogP contribution in [0.15, 0.2) is 24.3 Å². The van der Waals surface area contributed by atoms with Crippen LogP contribution in [0, 0.1) is 6.92 Å². The summed E-state index contributed by atoms with van der Waals surface area (Å²) in [5, 5.41) is 2.38. The van der Waals surface area contributed by atoms with Crippen LogP contribution in [0.2, 0.25) is 5.02 Å². The average Bonchev–Trinajstić information content (AvgIpc) is 2.29. The molecule has 0 amide bonds. The predicted molar refractivity (Wildman–Crippen MR) is 70.9 cm³/mol. The van der Waals surface area contributed by atoms with Crippen LogP contribution in [0.3, 0.4) is 0 Å². The highest BCUT2D eigenvalue weighted by atomic mass is 35.5. The van der Waals surface area contributed by atoms with E-state index in [0.29, 0.717) is 11.5 Å². The van der Waals surface area contributed by atoms with Gasteiger partial charge >= 0.3 is 6.18 Å². The summed E-state index contributed by atoms with van der Waals surface area (Å²) in [6, 6.07) is 5.07. The van der Waals surface area contributed by atoms with Crippen molar-refractivity contribution in [2.75, 3.05) is 11.1 Å². The molecule has 0 spiro atoms. The van der Waals surface area contributed by atoms with Crippen LogP contribution < -0.4 is 11.1 Å². The number of nitrogen functional groups attached to an aromatic ring is 1. The van der Waals surface area contributed by atoms with E-state index in [-0.39, 0.29) is 16.7 Å². The lowest BCUT2D eigenvalue weighted by Gasteiger charge is -2.12. The molecule has 3 N–H and O–H groups in total. The Kier molecular flexibility index (Phi) is 3.71. The standard InChI is InChI=1S/C12H10ClF3N4/c1-6-4-10(20-11(17)18-6)19-7-2-3-9(13)8(5-7)12(14,15)16/h2-5H,1H3,(H3,17,18,19,20). The Bertz CT molecular complexity index is 623. The molecule has 0 radical (unpaired) electrons. The Hall–Kier alpha value is -2.02. The zero-order valence-electron chi connectivity index (χ0n) is 10.3. The molecule has 0 fully saturated rings. The Morgan fingerprint density at radius 1 is 1.20 bits per heavy atom. The lowest BCUT2D eigenvalue weighted by molar-refractivity contribution is -0.137. The van der Waals surface area contributed by atoms with E-state index in [9.17, 15) is 13.2 Å². The quantitative estimate of drug-likeness (QED) is 0.886. The molecule has 0 bridgehead atoms. The molecule has 0 atom stereocenters. The van der Waals surface area contributed by atoms with Crippen molar-refractivity contribution in [3.8, 4) is 0 Å². The van der Waals surface area contributed by atoms with Crippen molar-refractivity contribution in [1.29, 1.82) is 0 Å². The van der Waals surface area contributed by atoms with E-state index in [1.165, 1.54) is 12.1 Å². The van der Waals surface area contributed by atoms with Crippen LogP contribution in [-0.2, 0) is 6.18 Å². The Labute approximate surface area is 117 Å². The summed E-state index contributed by atoms with van der Waals surface area (Å²) < 4.78 is 38.2. The first-order chi connectivity index (χ1) is 9.25. The zero-order valence-corrected chi connectivity index (χ0v) is 11.0. The van der Waals surface area contributed by atoms with Gasteiger partial charge in [-0.05, 0) is 25.1 Å². The van der Waals surface area contributed by atoms with Crippen molar-refractivity contribution in [2.24, 2.45) is 0 Å². The number of nitrogens with one attached hydrogen (secondary N) is 1. The van der Waals surface area contributed by atoms with Crippen molar-refractivity contribution >= 4 is 29.1 Å². The number of nitrogens with two attached hydrogens (primary N) is 1. The lowest BCUT2D eigenvalue weighted by atomic mass is 10.2. The number of nitrogens with zero attached hydrogens (tertiary/aromatic N) is 2. The number of aromatic nitrogens is 2. The van der Waals surface area contributed by atoms with E-state index in [1.54, 1.807) is 13.0 Å². The minimum absolute atomic E-state index is 0.0394. The van der Waals surface area contributed by atoms with E-state index >= 15 is 0 Å². The van der Waals surface area contributed by atoms with Crippen LogP contribution in [-0.4, -0.2) is 9.97 Å². The van der Waals surface area contributed by atoms with Gasteiger partial charge in [0.1, 0.15) is 5.82 Å². The summed E-state index contributed by atoms with van der Waals surface area (Å²) in [6.07, 6.45) is -4.52. The molecular weight excluding hydrogens is 293 g/mol. The number of anilines is 3. The maximum absolute atomic E-state index is 12.7. The molecule has 0 aliphatic heterocycles. The second-order valence-corrected chi connectivity index (χ2v) is 4.48. The van der Waals surface area contributed by atoms with Gasteiger partial charge in [-0.1, -0.05) is 11.6 Å². The highest BCUT2D eigenvalue weighted by Gasteiger charge is 2.33. The van der Waals surface area contributed by atoms with Gasteiger partial charge in [-0.3, -0.25) is 0 Å². The van der Waals surface area contributed by atoms with Gasteiger partial charge in [-0.2, -0.15) is 18.2 Å². The normalized spacial score (nSPS) is 11.4. The molecule has 0 unspecified atom stereocenters. The molecular formula is C12H10ClF3N4. The fourth-order valence-corrected chi connectivity index (χ4v) is 1.85. The Balaban J connectivity index is 2.35. The molecule has 1 aromatic heterocycles. The summed E-state index contributed by atoms with van der Waals surface area (Å²) in [7, 11) is 0. The van der Waals surface area contributed by atoms with Crippen molar-refractivity contribution in [3.05, 3.63) is 40.5 Å². The molecule has 2 aromatic rings. The van der Waals surface area contributed by atoms with E-state index in [0.717, 1.165) is 6.07 Å². The van der Waals surface area contributed by atoms with Crippen LogP contribution in [0.5, 0.6) is 0 Å². The summed E-state index contributed by atoms with van der Waals surface area (Å²) in [4.78, 5) is 7.76. The zero-order chi connectivity index (χ0) is 14.9. The summed E-state index contributed by atoms with van der Waals surface area (Å²) in [5.74, 6) is 0.350. The van der Waals surface area contributed by atoms with E-state index in [2.05, 4.69) is 15.3 Å². The molecule has 1 aromatic carbocycles. The van der Waals surface area contributed by atoms with Crippen molar-refractivity contribution in [2.45, 2.75) is 13.1 Å². The van der Waals surface area contributed by atoms with Gasteiger partial charge in [0.2, 0.25) is 5.95 Å². The molecule has 4 nitrogen and oxygen atoms in total. The van der Waals surface area contributed by atoms with E-state index < -0.39 is 11.7 Å². The molecule has 0 saturated carbocycles. The molecule has 0 saturated heterocycles. The third kappa shape index (κ3) is 3.30. The lowest BCUT2D eigenvalue weighted by Crippen LogP contribution is -2.07. The maximum Gasteiger partial charge on any atom is 0.417 e. The topological polar surface area (TPSA) is 63.8 Å². The van der Waals surface area contributed by atoms with Gasteiger partial charge in [0, 0.05) is 17.4 Å². The number of rotatable bonds is 2. The average molecular weight is 303 g/mol. The number of aryl methyl sites for hydroxylation is 1. The molecule has 106 valence electrons. The monoisotopic (exact) mass is 302 g/mol. The van der Waals surface area contributed by atoms with Gasteiger partial charge in [0.05, 0.1) is 10.6 Å². The van der Waals surface area contributed by atoms with Crippen LogP contribution in [0.25, 0.3) is 0 Å². The number of halogens is 4. The molecule has 1 heterocycles. The van der Waals surface area contributed by atoms with Crippen molar-refractivity contribution < 1.29 is 13.2 Å². The highest BCUT2D eigenvalue weighted by molar-refractivity contribution is 6.31. The summed E-state index contributed by atoms with van der Waals surface area (Å²) in [5.41, 5.74) is 5.37. The second kappa shape index (κ2) is 5.16. The Morgan fingerprint density at radius 2 is 1.90 bits per heavy atom. The SMILES string of the molecule is Cc1cc(Nc2ccc(Cl)c(C(F)(F)F)c2)nc(N)n1. The first-order valence-corrected chi connectivity index (χ1v) is 5.88. The largest absolute Gasteiger partial charge is 0.417 e. The molecule has 0 aliphatic rings. The van der Waals surface area contributed by atoms with Crippen LogP contribution in [0.4, 0.5) is 30.6 Å². The van der Waals surface area contributed by atoms with E-state index in [4.69, 9.17) is 17.3 Å². The van der Waals surface area contributed by atoms with Crippen LogP contribution >= 0.6 is 11.6 Å². The van der Waals surface area contributed by atoms with Gasteiger partial charge in [0.25, 0.3) is 0 Å². The highest BCUT2D eigenvalue weighted by Crippen LogP contribution is 2.36. The van der Waals surface area contributed by atoms with Crippen LogP contribution in [0.1, 0.15) is 11.3 Å². The van der Waals surface area contributed by atoms with Gasteiger partial charge < -0.3 is 11.1 Å². The van der Waals surface area contributed by atoms with Gasteiger partial charge in [0.15, 0.2) is 0 Å². The minimum atomic E-state index is -4.52. The van der Waals surface area contributed by atoms with E-state index in [1.807, 2.05) is 0 Å². The minimum Gasteiger partial charge on any atom is -0.368 e.